The number of nitrogens with one attached hydrogen (secondary N) is 2. The summed E-state index contributed by atoms with van der Waals surface area (Å²) in [6.45, 7) is 12.3. The highest BCUT2D eigenvalue weighted by molar-refractivity contribution is 7.92. The molecule has 1 aromatic carbocycles. The third-order valence-corrected chi connectivity index (χ3v) is 6.22. The maximum absolute atomic E-state index is 12.5. The minimum atomic E-state index is -3.46. The molecule has 0 aliphatic carbocycles. The number of H-pyrrole nitrogens is 1. The number of sulfonamides is 1. The van der Waals surface area contributed by atoms with E-state index in [1.807, 2.05) is 43.5 Å². The zero-order valence-corrected chi connectivity index (χ0v) is 18.2. The van der Waals surface area contributed by atoms with Crippen molar-refractivity contribution in [3.8, 4) is 0 Å². The highest BCUT2D eigenvalue weighted by Crippen LogP contribution is 2.29. The lowest BCUT2D eigenvalue weighted by Gasteiger charge is -2.22. The van der Waals surface area contributed by atoms with E-state index < -0.39 is 15.4 Å². The fourth-order valence-corrected chi connectivity index (χ4v) is 4.33. The van der Waals surface area contributed by atoms with Crippen molar-refractivity contribution >= 4 is 21.4 Å². The molecule has 0 spiro atoms. The van der Waals surface area contributed by atoms with Crippen LogP contribution in [0.1, 0.15) is 58.1 Å². The van der Waals surface area contributed by atoms with Gasteiger partial charge in [0.1, 0.15) is 0 Å². The van der Waals surface area contributed by atoms with Crippen LogP contribution in [-0.2, 0) is 20.9 Å². The van der Waals surface area contributed by atoms with Crippen molar-refractivity contribution in [2.24, 2.45) is 0 Å². The Morgan fingerprint density at radius 3 is 2.32 bits per heavy atom. The highest BCUT2D eigenvalue weighted by atomic mass is 32.2. The van der Waals surface area contributed by atoms with Crippen LogP contribution in [0.5, 0.6) is 0 Å². The molecular formula is C20H29N5O2S. The summed E-state index contributed by atoms with van der Waals surface area (Å²) in [5.41, 5.74) is 2.95. The molecule has 0 radical (unpaired) electrons. The number of nitrogens with zero attached hydrogens (tertiary/aromatic N) is 3. The van der Waals surface area contributed by atoms with Gasteiger partial charge in [0, 0.05) is 28.3 Å². The zero-order chi connectivity index (χ0) is 20.7. The van der Waals surface area contributed by atoms with Crippen molar-refractivity contribution in [2.75, 3.05) is 10.5 Å². The van der Waals surface area contributed by atoms with E-state index in [0.29, 0.717) is 12.1 Å². The van der Waals surface area contributed by atoms with Crippen LogP contribution in [0.15, 0.2) is 30.3 Å². The van der Waals surface area contributed by atoms with Gasteiger partial charge in [-0.05, 0) is 25.5 Å². The summed E-state index contributed by atoms with van der Waals surface area (Å²) in [5.74, 6) is 0.721. The maximum atomic E-state index is 12.5. The average Bonchev–Trinajstić information content (AvgIpc) is 3.15. The van der Waals surface area contributed by atoms with E-state index in [0.717, 1.165) is 22.7 Å². The fraction of sp³-hybridized carbons (Fsp3) is 0.500. The van der Waals surface area contributed by atoms with Gasteiger partial charge in [0.25, 0.3) is 0 Å². The smallest absolute Gasteiger partial charge is 0.232 e. The molecule has 2 aromatic heterocycles. The van der Waals surface area contributed by atoms with Gasteiger partial charge in [0.15, 0.2) is 11.5 Å². The number of aryl methyl sites for hydroxylation is 1. The Kier molecular flexibility index (Phi) is 5.04. The number of aromatic amines is 1. The number of hydrogen-bond donors (Lipinski definition) is 2. The van der Waals surface area contributed by atoms with Crippen LogP contribution in [0.3, 0.4) is 0 Å². The van der Waals surface area contributed by atoms with Crippen molar-refractivity contribution in [3.63, 3.8) is 0 Å². The van der Waals surface area contributed by atoms with Gasteiger partial charge >= 0.3 is 0 Å². The van der Waals surface area contributed by atoms with Gasteiger partial charge in [0.05, 0.1) is 5.75 Å². The Morgan fingerprint density at radius 2 is 1.71 bits per heavy atom. The van der Waals surface area contributed by atoms with Crippen molar-refractivity contribution < 1.29 is 8.42 Å². The average molecular weight is 404 g/mol. The molecule has 0 unspecified atom stereocenters. The van der Waals surface area contributed by atoms with E-state index in [2.05, 4.69) is 40.8 Å². The molecule has 0 fully saturated rings. The van der Waals surface area contributed by atoms with Crippen LogP contribution in [0.25, 0.3) is 5.65 Å². The number of benzene rings is 1. The zero-order valence-electron chi connectivity index (χ0n) is 17.4. The van der Waals surface area contributed by atoms with Crippen molar-refractivity contribution in [2.45, 2.75) is 58.8 Å². The van der Waals surface area contributed by atoms with Crippen molar-refractivity contribution in [1.29, 1.82) is 0 Å². The van der Waals surface area contributed by atoms with Crippen LogP contribution >= 0.6 is 0 Å². The molecule has 8 heteroatoms. The number of anilines is 1. The SMILES string of the molecule is Cc1ccc(NS(=O)(=O)CCC(C)(C)c2nnc3cc(C(C)(C)C)[nH]n23)cc1. The number of fused-ring (bicyclic) bond motifs is 1. The van der Waals surface area contributed by atoms with E-state index in [9.17, 15) is 8.42 Å². The molecule has 0 atom stereocenters. The molecule has 0 saturated heterocycles. The quantitative estimate of drug-likeness (QED) is 0.655. The predicted octanol–water partition coefficient (Wildman–Crippen LogP) is 3.77. The lowest BCUT2D eigenvalue weighted by molar-refractivity contribution is 0.455. The first-order chi connectivity index (χ1) is 12.9. The van der Waals surface area contributed by atoms with Crippen molar-refractivity contribution in [3.05, 3.63) is 47.4 Å². The monoisotopic (exact) mass is 403 g/mol. The van der Waals surface area contributed by atoms with E-state index in [-0.39, 0.29) is 11.2 Å². The maximum Gasteiger partial charge on any atom is 0.232 e. The molecule has 28 heavy (non-hydrogen) atoms. The Morgan fingerprint density at radius 1 is 1.07 bits per heavy atom. The van der Waals surface area contributed by atoms with E-state index in [1.165, 1.54) is 0 Å². The molecule has 0 amide bonds. The number of hydrogen-bond acceptors (Lipinski definition) is 4. The lowest BCUT2D eigenvalue weighted by atomic mass is 9.89. The largest absolute Gasteiger partial charge is 0.295 e. The number of aromatic nitrogens is 4. The molecule has 3 rings (SSSR count). The van der Waals surface area contributed by atoms with Gasteiger partial charge < -0.3 is 0 Å². The van der Waals surface area contributed by atoms with Gasteiger partial charge in [-0.1, -0.05) is 52.3 Å². The summed E-state index contributed by atoms with van der Waals surface area (Å²) < 4.78 is 29.6. The van der Waals surface area contributed by atoms with Crippen LogP contribution in [0.2, 0.25) is 0 Å². The minimum Gasteiger partial charge on any atom is -0.295 e. The molecule has 2 N–H and O–H groups in total. The number of rotatable bonds is 6. The summed E-state index contributed by atoms with van der Waals surface area (Å²) in [5, 5.41) is 11.9. The minimum absolute atomic E-state index is 0.00434. The molecule has 0 aliphatic rings. The summed E-state index contributed by atoms with van der Waals surface area (Å²) in [6, 6.07) is 9.29. The third kappa shape index (κ3) is 4.38. The molecular weight excluding hydrogens is 374 g/mol. The molecule has 152 valence electrons. The Labute approximate surface area is 166 Å². The van der Waals surface area contributed by atoms with Gasteiger partial charge in [0.2, 0.25) is 10.0 Å². The van der Waals surface area contributed by atoms with Crippen LogP contribution < -0.4 is 4.72 Å². The Bertz CT molecular complexity index is 1070. The second kappa shape index (κ2) is 6.92. The molecule has 0 bridgehead atoms. The van der Waals surface area contributed by atoms with Crippen molar-refractivity contribution in [1.82, 2.24) is 19.8 Å². The standard InChI is InChI=1S/C20H29N5O2S/c1-14-7-9-15(10-8-14)24-28(26,27)12-11-20(5,6)18-22-21-17-13-16(19(2,3)4)23-25(17)18/h7-10,13,23-24H,11-12H2,1-6H3. The summed E-state index contributed by atoms with van der Waals surface area (Å²) >= 11 is 0. The van der Waals surface area contributed by atoms with E-state index >= 15 is 0 Å². The highest BCUT2D eigenvalue weighted by Gasteiger charge is 2.30. The molecule has 7 nitrogen and oxygen atoms in total. The third-order valence-electron chi connectivity index (χ3n) is 4.93. The predicted molar refractivity (Wildman–Crippen MR) is 112 cm³/mol. The molecule has 2 heterocycles. The molecule has 3 aromatic rings. The summed E-state index contributed by atoms with van der Waals surface area (Å²) in [4.78, 5) is 0. The first kappa shape index (κ1) is 20.4. The Balaban J connectivity index is 1.77. The lowest BCUT2D eigenvalue weighted by Crippen LogP contribution is -2.27. The van der Waals surface area contributed by atoms with Crippen LogP contribution in [-0.4, -0.2) is 34.0 Å². The molecule has 0 aliphatic heterocycles. The topological polar surface area (TPSA) is 92.2 Å². The van der Waals surface area contributed by atoms with Crippen LogP contribution in [0, 0.1) is 6.92 Å². The van der Waals surface area contributed by atoms with Gasteiger partial charge in [-0.15, -0.1) is 10.2 Å². The van der Waals surface area contributed by atoms with E-state index in [1.54, 1.807) is 12.1 Å². The second-order valence-electron chi connectivity index (χ2n) is 9.06. The second-order valence-corrected chi connectivity index (χ2v) is 10.9. The normalized spacial score (nSPS) is 13.2. The first-order valence-corrected chi connectivity index (χ1v) is 11.0. The van der Waals surface area contributed by atoms with Gasteiger partial charge in [-0.3, -0.25) is 9.82 Å². The first-order valence-electron chi connectivity index (χ1n) is 9.40. The Hall–Kier alpha value is -2.35. The summed E-state index contributed by atoms with van der Waals surface area (Å²) in [6.07, 6.45) is 0.416. The fourth-order valence-electron chi connectivity index (χ4n) is 2.96. The van der Waals surface area contributed by atoms with Gasteiger partial charge in [-0.2, -0.15) is 0 Å². The van der Waals surface area contributed by atoms with Crippen LogP contribution in [0.4, 0.5) is 5.69 Å². The summed E-state index contributed by atoms with van der Waals surface area (Å²) in [7, 11) is -3.46. The van der Waals surface area contributed by atoms with E-state index in [4.69, 9.17) is 0 Å². The van der Waals surface area contributed by atoms with Gasteiger partial charge in [-0.25, -0.2) is 12.9 Å². The molecule has 0 saturated carbocycles.